The summed E-state index contributed by atoms with van der Waals surface area (Å²) in [5, 5.41) is 6.74. The normalized spacial score (nSPS) is 12.7. The summed E-state index contributed by atoms with van der Waals surface area (Å²) in [6.45, 7) is 3.55. The molecule has 0 spiro atoms. The van der Waals surface area contributed by atoms with Gasteiger partial charge in [-0.15, -0.1) is 0 Å². The average molecular weight is 483 g/mol. The van der Waals surface area contributed by atoms with E-state index in [2.05, 4.69) is 47.0 Å². The molecule has 5 nitrogen and oxygen atoms in total. The smallest absolute Gasteiger partial charge is 0.265 e. The Morgan fingerprint density at radius 2 is 1.29 bits per heavy atom. The van der Waals surface area contributed by atoms with Crippen molar-refractivity contribution in [2.24, 2.45) is 0 Å². The molecule has 0 fully saturated rings. The molecule has 172 valence electrons. The van der Waals surface area contributed by atoms with Gasteiger partial charge < -0.3 is 10.6 Å². The van der Waals surface area contributed by atoms with Crippen LogP contribution in [0.3, 0.4) is 0 Å². The third kappa shape index (κ3) is 13.9. The molecule has 2 rings (SSSR count). The van der Waals surface area contributed by atoms with Gasteiger partial charge in [0.2, 0.25) is 0 Å². The van der Waals surface area contributed by atoms with Gasteiger partial charge in [0.05, 0.1) is 5.75 Å². The third-order valence-corrected chi connectivity index (χ3v) is 8.24. The first-order valence-electron chi connectivity index (χ1n) is 10.7. The molecule has 0 saturated heterocycles. The first-order valence-corrected chi connectivity index (χ1v) is 14.5. The molecule has 3 N–H and O–H groups in total. The molecule has 31 heavy (non-hydrogen) atoms. The van der Waals surface area contributed by atoms with Crippen LogP contribution in [-0.4, -0.2) is 67.4 Å². The highest BCUT2D eigenvalue weighted by molar-refractivity contribution is 8.04. The minimum absolute atomic E-state index is 0.0970. The van der Waals surface area contributed by atoms with Crippen molar-refractivity contribution in [2.45, 2.75) is 18.1 Å². The molecular formula is C23H34N2O3S3. The van der Waals surface area contributed by atoms with E-state index in [0.717, 1.165) is 56.3 Å². The Morgan fingerprint density at radius 1 is 0.774 bits per heavy atom. The Morgan fingerprint density at radius 3 is 1.81 bits per heavy atom. The lowest BCUT2D eigenvalue weighted by atomic mass is 10.1. The van der Waals surface area contributed by atoms with Gasteiger partial charge in [0.1, 0.15) is 0 Å². The van der Waals surface area contributed by atoms with Crippen LogP contribution in [0.25, 0.3) is 0 Å². The van der Waals surface area contributed by atoms with Crippen LogP contribution < -0.4 is 10.6 Å². The van der Waals surface area contributed by atoms with Crippen LogP contribution in [-0.2, 0) is 23.0 Å². The van der Waals surface area contributed by atoms with Gasteiger partial charge in [0, 0.05) is 35.6 Å². The zero-order valence-electron chi connectivity index (χ0n) is 17.9. The maximum atomic E-state index is 11.3. The monoisotopic (exact) mass is 482 g/mol. The summed E-state index contributed by atoms with van der Waals surface area (Å²) >= 11 is 3.35. The van der Waals surface area contributed by atoms with E-state index < -0.39 is 10.1 Å². The molecule has 1 atom stereocenters. The van der Waals surface area contributed by atoms with Gasteiger partial charge in [0.15, 0.2) is 0 Å². The second-order valence-corrected chi connectivity index (χ2v) is 11.3. The topological polar surface area (TPSA) is 78.4 Å². The number of rotatable bonds is 17. The van der Waals surface area contributed by atoms with Crippen LogP contribution >= 0.6 is 23.5 Å². The molecule has 0 bridgehead atoms. The van der Waals surface area contributed by atoms with Crippen molar-refractivity contribution < 1.29 is 13.0 Å². The Bertz CT molecular complexity index is 805. The Kier molecular flexibility index (Phi) is 13.3. The Hall–Kier alpha value is -1.03. The fourth-order valence-corrected chi connectivity index (χ4v) is 6.78. The summed E-state index contributed by atoms with van der Waals surface area (Å²) in [5.74, 6) is 2.28. The number of hydrogen-bond donors (Lipinski definition) is 3. The molecule has 0 amide bonds. The van der Waals surface area contributed by atoms with Gasteiger partial charge in [-0.25, -0.2) is 0 Å². The van der Waals surface area contributed by atoms with E-state index in [9.17, 15) is 13.0 Å². The lowest BCUT2D eigenvalue weighted by molar-refractivity contribution is 0.483. The number of benzene rings is 2. The maximum Gasteiger partial charge on any atom is 0.265 e. The van der Waals surface area contributed by atoms with Gasteiger partial charge in [-0.1, -0.05) is 60.7 Å². The number of thioether (sulfide) groups is 2. The molecule has 0 aliphatic heterocycles. The molecule has 0 radical (unpaired) electrons. The van der Waals surface area contributed by atoms with Crippen LogP contribution in [0.4, 0.5) is 0 Å². The van der Waals surface area contributed by atoms with Gasteiger partial charge in [0.25, 0.3) is 10.1 Å². The third-order valence-electron chi connectivity index (χ3n) is 4.62. The van der Waals surface area contributed by atoms with Crippen molar-refractivity contribution in [3.05, 3.63) is 71.8 Å². The van der Waals surface area contributed by atoms with Gasteiger partial charge >= 0.3 is 0 Å². The minimum Gasteiger partial charge on any atom is -0.316 e. The van der Waals surface area contributed by atoms with E-state index in [1.165, 1.54) is 11.1 Å². The summed E-state index contributed by atoms with van der Waals surface area (Å²) in [6.07, 6.45) is 1.98. The van der Waals surface area contributed by atoms with Crippen molar-refractivity contribution in [3.8, 4) is 0 Å². The van der Waals surface area contributed by atoms with E-state index in [1.807, 2.05) is 24.3 Å². The van der Waals surface area contributed by atoms with Crippen molar-refractivity contribution in [2.75, 3.05) is 49.2 Å². The predicted molar refractivity (Wildman–Crippen MR) is 136 cm³/mol. The van der Waals surface area contributed by atoms with Crippen molar-refractivity contribution >= 4 is 33.6 Å². The lowest BCUT2D eigenvalue weighted by Gasteiger charge is -2.15. The summed E-state index contributed by atoms with van der Waals surface area (Å²) in [4.78, 5) is 0. The first-order chi connectivity index (χ1) is 15.0. The largest absolute Gasteiger partial charge is 0.316 e. The molecule has 0 heterocycles. The average Bonchev–Trinajstić information content (AvgIpc) is 2.75. The quantitative estimate of drug-likeness (QED) is 0.236. The van der Waals surface area contributed by atoms with Crippen LogP contribution in [0.15, 0.2) is 60.7 Å². The highest BCUT2D eigenvalue weighted by Gasteiger charge is 2.17. The van der Waals surface area contributed by atoms with E-state index in [1.54, 1.807) is 23.5 Å². The maximum absolute atomic E-state index is 11.3. The Labute approximate surface area is 195 Å². The molecule has 8 heteroatoms. The van der Waals surface area contributed by atoms with Crippen molar-refractivity contribution in [1.29, 1.82) is 0 Å². The molecule has 2 aromatic rings. The van der Waals surface area contributed by atoms with Crippen molar-refractivity contribution in [1.82, 2.24) is 10.6 Å². The fourth-order valence-electron chi connectivity index (χ4n) is 3.04. The van der Waals surface area contributed by atoms with Gasteiger partial charge in [-0.05, 0) is 37.1 Å². The fraction of sp³-hybridized carbons (Fsp3) is 0.478. The highest BCUT2D eigenvalue weighted by atomic mass is 32.2. The summed E-state index contributed by atoms with van der Waals surface area (Å²) in [5.41, 5.74) is 2.63. The van der Waals surface area contributed by atoms with E-state index in [4.69, 9.17) is 0 Å². The Balaban J connectivity index is 1.54. The highest BCUT2D eigenvalue weighted by Crippen LogP contribution is 2.18. The molecule has 2 aromatic carbocycles. The summed E-state index contributed by atoms with van der Waals surface area (Å²) in [7, 11) is -3.96. The molecule has 0 saturated carbocycles. The zero-order valence-corrected chi connectivity index (χ0v) is 20.4. The molecule has 0 aromatic heterocycles. The predicted octanol–water partition coefficient (Wildman–Crippen LogP) is 3.37. The van der Waals surface area contributed by atoms with Crippen LogP contribution in [0.5, 0.6) is 0 Å². The second kappa shape index (κ2) is 15.7. The minimum atomic E-state index is -3.96. The van der Waals surface area contributed by atoms with Gasteiger partial charge in [-0.3, -0.25) is 4.55 Å². The van der Waals surface area contributed by atoms with Gasteiger partial charge in [-0.2, -0.15) is 31.9 Å². The zero-order chi connectivity index (χ0) is 22.2. The molecule has 0 aliphatic rings. The van der Waals surface area contributed by atoms with E-state index >= 15 is 0 Å². The number of hydrogen-bond acceptors (Lipinski definition) is 6. The van der Waals surface area contributed by atoms with Crippen LogP contribution in [0, 0.1) is 0 Å². The number of nitrogens with one attached hydrogen (secondary N) is 2. The molecule has 0 aliphatic carbocycles. The second-order valence-electron chi connectivity index (χ2n) is 7.29. The van der Waals surface area contributed by atoms with Crippen molar-refractivity contribution in [3.63, 3.8) is 0 Å². The van der Waals surface area contributed by atoms with E-state index in [-0.39, 0.29) is 11.0 Å². The SMILES string of the molecule is O=S(=O)(O)CC(CSCCNCCc1ccccc1)SCCNCCc1ccccc1. The lowest BCUT2D eigenvalue weighted by Crippen LogP contribution is -2.25. The standard InChI is InChI=1S/C23H34N2O3S3/c26-31(27,28)20-23(30-18-16-25-14-12-22-9-5-2-6-10-22)19-29-17-15-24-13-11-21-7-3-1-4-8-21/h1-10,23-25H,11-20H2,(H,26,27,28). The van der Waals surface area contributed by atoms with Crippen LogP contribution in [0.2, 0.25) is 0 Å². The molecule has 1 unspecified atom stereocenters. The molecular weight excluding hydrogens is 448 g/mol. The summed E-state index contributed by atoms with van der Waals surface area (Å²) < 4.78 is 32.0. The first kappa shape index (κ1) is 26.2. The summed E-state index contributed by atoms with van der Waals surface area (Å²) in [6, 6.07) is 20.7. The van der Waals surface area contributed by atoms with Crippen LogP contribution in [0.1, 0.15) is 11.1 Å². The van der Waals surface area contributed by atoms with E-state index in [0.29, 0.717) is 0 Å².